The molecule has 9 heteroatoms. The van der Waals surface area contributed by atoms with Crippen molar-refractivity contribution in [2.24, 2.45) is 0 Å². The van der Waals surface area contributed by atoms with Crippen molar-refractivity contribution in [3.8, 4) is 11.5 Å². The monoisotopic (exact) mass is 474 g/mol. The SMILES string of the molecule is COc1ccc(S(=O)(=O)N(CC(=O)Nc2cc(C)ccc2OC)c2ccc(Cl)cc2)cc1. The van der Waals surface area contributed by atoms with E-state index in [0.29, 0.717) is 27.9 Å². The van der Waals surface area contributed by atoms with Crippen LogP contribution in [0.2, 0.25) is 5.02 Å². The normalized spacial score (nSPS) is 11.0. The molecule has 0 aliphatic carbocycles. The molecule has 0 heterocycles. The molecule has 0 radical (unpaired) electrons. The number of nitrogens with zero attached hydrogens (tertiary/aromatic N) is 1. The van der Waals surface area contributed by atoms with Crippen molar-refractivity contribution in [2.45, 2.75) is 11.8 Å². The van der Waals surface area contributed by atoms with E-state index in [1.165, 1.54) is 26.4 Å². The Morgan fingerprint density at radius 1 is 0.969 bits per heavy atom. The van der Waals surface area contributed by atoms with Crippen LogP contribution in [0.3, 0.4) is 0 Å². The summed E-state index contributed by atoms with van der Waals surface area (Å²) < 4.78 is 38.3. The largest absolute Gasteiger partial charge is 0.497 e. The first-order valence-electron chi connectivity index (χ1n) is 9.61. The third kappa shape index (κ3) is 5.33. The van der Waals surface area contributed by atoms with Crippen LogP contribution in [-0.2, 0) is 14.8 Å². The molecule has 3 aromatic rings. The van der Waals surface area contributed by atoms with Gasteiger partial charge in [-0.15, -0.1) is 0 Å². The number of benzene rings is 3. The number of amides is 1. The van der Waals surface area contributed by atoms with Crippen LogP contribution in [0.4, 0.5) is 11.4 Å². The molecule has 32 heavy (non-hydrogen) atoms. The second kappa shape index (κ2) is 9.93. The lowest BCUT2D eigenvalue weighted by molar-refractivity contribution is -0.114. The summed E-state index contributed by atoms with van der Waals surface area (Å²) in [7, 11) is -1.07. The molecule has 1 amide bonds. The lowest BCUT2D eigenvalue weighted by Crippen LogP contribution is -2.38. The molecule has 3 aromatic carbocycles. The maximum Gasteiger partial charge on any atom is 0.264 e. The molecule has 0 aliphatic rings. The van der Waals surface area contributed by atoms with E-state index >= 15 is 0 Å². The van der Waals surface area contributed by atoms with Crippen LogP contribution in [0, 0.1) is 6.92 Å². The van der Waals surface area contributed by atoms with Crippen LogP contribution >= 0.6 is 11.6 Å². The first-order chi connectivity index (χ1) is 15.2. The number of carbonyl (C=O) groups excluding carboxylic acids is 1. The third-order valence-electron chi connectivity index (χ3n) is 4.68. The zero-order valence-electron chi connectivity index (χ0n) is 17.8. The molecule has 0 atom stereocenters. The number of carbonyl (C=O) groups is 1. The van der Waals surface area contributed by atoms with E-state index in [-0.39, 0.29) is 4.90 Å². The minimum atomic E-state index is -4.06. The zero-order chi connectivity index (χ0) is 23.3. The fraction of sp³-hybridized carbons (Fsp3) is 0.174. The molecule has 7 nitrogen and oxygen atoms in total. The van der Waals surface area contributed by atoms with Crippen LogP contribution < -0.4 is 19.1 Å². The minimum absolute atomic E-state index is 0.0224. The molecular formula is C23H23ClN2O5S. The Hall–Kier alpha value is -3.23. The number of nitrogens with one attached hydrogen (secondary N) is 1. The number of rotatable bonds is 8. The van der Waals surface area contributed by atoms with Gasteiger partial charge < -0.3 is 14.8 Å². The zero-order valence-corrected chi connectivity index (χ0v) is 19.4. The van der Waals surface area contributed by atoms with Gasteiger partial charge in [0, 0.05) is 5.02 Å². The maximum absolute atomic E-state index is 13.4. The molecule has 0 aliphatic heterocycles. The first-order valence-corrected chi connectivity index (χ1v) is 11.4. The Morgan fingerprint density at radius 3 is 2.22 bits per heavy atom. The molecular weight excluding hydrogens is 452 g/mol. The highest BCUT2D eigenvalue weighted by Gasteiger charge is 2.27. The van der Waals surface area contributed by atoms with E-state index in [9.17, 15) is 13.2 Å². The maximum atomic E-state index is 13.4. The number of anilines is 2. The van der Waals surface area contributed by atoms with Gasteiger partial charge >= 0.3 is 0 Å². The Labute approximate surface area is 192 Å². The summed E-state index contributed by atoms with van der Waals surface area (Å²) in [6.45, 7) is 1.43. The number of sulfonamides is 1. The van der Waals surface area contributed by atoms with Gasteiger partial charge in [-0.3, -0.25) is 9.10 Å². The number of ether oxygens (including phenoxy) is 2. The second-order valence-corrected chi connectivity index (χ2v) is 9.21. The summed E-state index contributed by atoms with van der Waals surface area (Å²) in [5.41, 5.74) is 1.67. The topological polar surface area (TPSA) is 84.9 Å². The van der Waals surface area contributed by atoms with E-state index in [2.05, 4.69) is 5.32 Å². The quantitative estimate of drug-likeness (QED) is 0.519. The molecule has 0 bridgehead atoms. The van der Waals surface area contributed by atoms with Gasteiger partial charge in [-0.25, -0.2) is 8.42 Å². The molecule has 0 saturated heterocycles. The fourth-order valence-electron chi connectivity index (χ4n) is 3.04. The van der Waals surface area contributed by atoms with E-state index in [1.807, 2.05) is 13.0 Å². The van der Waals surface area contributed by atoms with Crippen LogP contribution in [0.1, 0.15) is 5.56 Å². The van der Waals surface area contributed by atoms with Crippen LogP contribution in [0.5, 0.6) is 11.5 Å². The highest BCUT2D eigenvalue weighted by Crippen LogP contribution is 2.28. The van der Waals surface area contributed by atoms with Gasteiger partial charge in [-0.2, -0.15) is 0 Å². The van der Waals surface area contributed by atoms with Crippen LogP contribution in [0.15, 0.2) is 71.6 Å². The van der Waals surface area contributed by atoms with E-state index in [0.717, 1.165) is 9.87 Å². The number of halogens is 1. The summed E-state index contributed by atoms with van der Waals surface area (Å²) >= 11 is 5.97. The molecule has 0 aromatic heterocycles. The third-order valence-corrected chi connectivity index (χ3v) is 6.72. The van der Waals surface area contributed by atoms with Gasteiger partial charge in [0.1, 0.15) is 18.0 Å². The van der Waals surface area contributed by atoms with Crippen molar-refractivity contribution in [1.82, 2.24) is 0 Å². The highest BCUT2D eigenvalue weighted by atomic mass is 35.5. The fourth-order valence-corrected chi connectivity index (χ4v) is 4.58. The van der Waals surface area contributed by atoms with Crippen molar-refractivity contribution in [3.05, 3.63) is 77.3 Å². The minimum Gasteiger partial charge on any atom is -0.497 e. The highest BCUT2D eigenvalue weighted by molar-refractivity contribution is 7.92. The lowest BCUT2D eigenvalue weighted by Gasteiger charge is -2.24. The number of hydrogen-bond donors (Lipinski definition) is 1. The number of aryl methyl sites for hydroxylation is 1. The van der Waals surface area contributed by atoms with Crippen molar-refractivity contribution in [3.63, 3.8) is 0 Å². The predicted octanol–water partition coefficient (Wildman–Crippen LogP) is 4.50. The Morgan fingerprint density at radius 2 is 1.62 bits per heavy atom. The first kappa shape index (κ1) is 23.4. The number of hydrogen-bond acceptors (Lipinski definition) is 5. The average Bonchev–Trinajstić information content (AvgIpc) is 2.78. The molecule has 0 unspecified atom stereocenters. The van der Waals surface area contributed by atoms with Gasteiger partial charge in [0.25, 0.3) is 10.0 Å². The van der Waals surface area contributed by atoms with E-state index < -0.39 is 22.5 Å². The van der Waals surface area contributed by atoms with Crippen molar-refractivity contribution < 1.29 is 22.7 Å². The van der Waals surface area contributed by atoms with E-state index in [1.54, 1.807) is 48.5 Å². The van der Waals surface area contributed by atoms with Crippen molar-refractivity contribution in [1.29, 1.82) is 0 Å². The van der Waals surface area contributed by atoms with Gasteiger partial charge in [0.05, 0.1) is 30.5 Å². The second-order valence-electron chi connectivity index (χ2n) is 6.92. The molecule has 0 fully saturated rings. The van der Waals surface area contributed by atoms with Gasteiger partial charge in [0.15, 0.2) is 0 Å². The van der Waals surface area contributed by atoms with Gasteiger partial charge in [-0.05, 0) is 73.2 Å². The Kier molecular flexibility index (Phi) is 7.27. The molecule has 1 N–H and O–H groups in total. The molecule has 0 spiro atoms. The van der Waals surface area contributed by atoms with E-state index in [4.69, 9.17) is 21.1 Å². The Balaban J connectivity index is 1.95. The smallest absolute Gasteiger partial charge is 0.264 e. The summed E-state index contributed by atoms with van der Waals surface area (Å²) in [5.74, 6) is 0.465. The van der Waals surface area contributed by atoms with Gasteiger partial charge in [-0.1, -0.05) is 17.7 Å². The molecule has 3 rings (SSSR count). The molecule has 168 valence electrons. The van der Waals surface area contributed by atoms with Crippen LogP contribution in [-0.4, -0.2) is 35.1 Å². The summed E-state index contributed by atoms with van der Waals surface area (Å²) in [6, 6.07) is 17.5. The van der Waals surface area contributed by atoms with Crippen LogP contribution in [0.25, 0.3) is 0 Å². The lowest BCUT2D eigenvalue weighted by atomic mass is 10.2. The summed E-state index contributed by atoms with van der Waals surface area (Å²) in [6.07, 6.45) is 0. The van der Waals surface area contributed by atoms with Crippen molar-refractivity contribution >= 4 is 38.9 Å². The average molecular weight is 475 g/mol. The Bertz CT molecular complexity index is 1200. The number of methoxy groups -OCH3 is 2. The summed E-state index contributed by atoms with van der Waals surface area (Å²) in [4.78, 5) is 12.9. The summed E-state index contributed by atoms with van der Waals surface area (Å²) in [5, 5.41) is 3.19. The van der Waals surface area contributed by atoms with Gasteiger partial charge in [0.2, 0.25) is 5.91 Å². The standard InChI is InChI=1S/C23H23ClN2O5S/c1-16-4-13-22(31-3)21(14-16)25-23(27)15-26(18-7-5-17(24)6-8-18)32(28,29)20-11-9-19(30-2)10-12-20/h4-14H,15H2,1-3H3,(H,25,27). The predicted molar refractivity (Wildman–Crippen MR) is 125 cm³/mol. The molecule has 0 saturated carbocycles. The van der Waals surface area contributed by atoms with Crippen molar-refractivity contribution in [2.75, 3.05) is 30.4 Å².